The Labute approximate surface area is 129 Å². The average Bonchev–Trinajstić information content (AvgIpc) is 2.46. The molecule has 1 aliphatic heterocycles. The molecule has 1 fully saturated rings. The van der Waals surface area contributed by atoms with Gasteiger partial charge in [0.1, 0.15) is 10.9 Å². The molecule has 0 aliphatic carbocycles. The first-order valence-electron chi connectivity index (χ1n) is 6.73. The first-order chi connectivity index (χ1) is 9.87. The minimum atomic E-state index is -3.81. The number of nitrogens with zero attached hydrogens (tertiary/aromatic N) is 1. The highest BCUT2D eigenvalue weighted by atomic mass is 35.5. The van der Waals surface area contributed by atoms with Crippen molar-refractivity contribution in [3.8, 4) is 0 Å². The number of aryl methyl sites for hydroxylation is 1. The maximum atomic E-state index is 12.8. The Balaban J connectivity index is 2.43. The Morgan fingerprint density at radius 2 is 2.10 bits per heavy atom. The van der Waals surface area contributed by atoms with Gasteiger partial charge in [0.15, 0.2) is 0 Å². The fourth-order valence-corrected chi connectivity index (χ4v) is 4.73. The third kappa shape index (κ3) is 3.22. The van der Waals surface area contributed by atoms with Gasteiger partial charge in [0.05, 0.1) is 12.1 Å². The molecule has 1 saturated heterocycles. The van der Waals surface area contributed by atoms with E-state index in [4.69, 9.17) is 16.3 Å². The highest BCUT2D eigenvalue weighted by molar-refractivity contribution is 7.89. The van der Waals surface area contributed by atoms with Gasteiger partial charge in [-0.15, -0.1) is 0 Å². The SMILES string of the molecule is COC(=O)C1CCCCN1S(=O)(=O)c1ccc(C)cc1Cl. The molecule has 1 aliphatic rings. The smallest absolute Gasteiger partial charge is 0.324 e. The molecule has 1 aromatic rings. The molecule has 0 saturated carbocycles. The van der Waals surface area contributed by atoms with E-state index in [1.165, 1.54) is 17.5 Å². The fraction of sp³-hybridized carbons (Fsp3) is 0.500. The lowest BCUT2D eigenvalue weighted by molar-refractivity contribution is -0.146. The quantitative estimate of drug-likeness (QED) is 0.798. The molecular formula is C14H18ClNO4S. The monoisotopic (exact) mass is 331 g/mol. The van der Waals surface area contributed by atoms with Gasteiger partial charge in [0.25, 0.3) is 0 Å². The van der Waals surface area contributed by atoms with Crippen LogP contribution in [0.25, 0.3) is 0 Å². The number of benzene rings is 1. The minimum Gasteiger partial charge on any atom is -0.468 e. The number of esters is 1. The van der Waals surface area contributed by atoms with Crippen LogP contribution in [0.4, 0.5) is 0 Å². The summed E-state index contributed by atoms with van der Waals surface area (Å²) in [5.41, 5.74) is 0.877. The van der Waals surface area contributed by atoms with Crippen LogP contribution >= 0.6 is 11.6 Å². The van der Waals surface area contributed by atoms with Crippen LogP contribution in [0.1, 0.15) is 24.8 Å². The zero-order chi connectivity index (χ0) is 15.6. The van der Waals surface area contributed by atoms with E-state index in [1.54, 1.807) is 12.1 Å². The molecular weight excluding hydrogens is 314 g/mol. The van der Waals surface area contributed by atoms with Crippen LogP contribution in [-0.4, -0.2) is 38.4 Å². The van der Waals surface area contributed by atoms with E-state index in [1.807, 2.05) is 6.92 Å². The second-order valence-corrected chi connectivity index (χ2v) is 7.35. The van der Waals surface area contributed by atoms with Gasteiger partial charge in [-0.25, -0.2) is 8.42 Å². The summed E-state index contributed by atoms with van der Waals surface area (Å²) in [6.07, 6.45) is 1.99. The van der Waals surface area contributed by atoms with Gasteiger partial charge in [-0.3, -0.25) is 4.79 Å². The summed E-state index contributed by atoms with van der Waals surface area (Å²) in [6, 6.07) is 4.00. The van der Waals surface area contributed by atoms with E-state index >= 15 is 0 Å². The predicted octanol–water partition coefficient (Wildman–Crippen LogP) is 2.36. The third-order valence-corrected chi connectivity index (χ3v) is 5.99. The van der Waals surface area contributed by atoms with Gasteiger partial charge < -0.3 is 4.74 Å². The molecule has 0 bridgehead atoms. The molecule has 0 spiro atoms. The standard InChI is InChI=1S/C14H18ClNO4S/c1-10-6-7-13(11(15)9-10)21(18,19)16-8-4-3-5-12(16)14(17)20-2/h6-7,9,12H,3-5,8H2,1-2H3. The predicted molar refractivity (Wildman–Crippen MR) is 79.7 cm³/mol. The molecule has 0 amide bonds. The summed E-state index contributed by atoms with van der Waals surface area (Å²) in [4.78, 5) is 11.9. The van der Waals surface area contributed by atoms with E-state index in [0.29, 0.717) is 13.0 Å². The topological polar surface area (TPSA) is 63.7 Å². The molecule has 116 valence electrons. The maximum Gasteiger partial charge on any atom is 0.324 e. The van der Waals surface area contributed by atoms with E-state index in [2.05, 4.69) is 0 Å². The largest absolute Gasteiger partial charge is 0.468 e. The summed E-state index contributed by atoms with van der Waals surface area (Å²) < 4.78 is 31.5. The lowest BCUT2D eigenvalue weighted by Crippen LogP contribution is -2.48. The Kier molecular flexibility index (Phi) is 4.91. The zero-order valence-electron chi connectivity index (χ0n) is 12.0. The summed E-state index contributed by atoms with van der Waals surface area (Å²) in [6.45, 7) is 2.13. The fourth-order valence-electron chi connectivity index (χ4n) is 2.51. The normalized spacial score (nSPS) is 20.2. The summed E-state index contributed by atoms with van der Waals surface area (Å²) >= 11 is 6.07. The van der Waals surface area contributed by atoms with Crippen molar-refractivity contribution in [2.24, 2.45) is 0 Å². The van der Waals surface area contributed by atoms with Crippen LogP contribution in [0.5, 0.6) is 0 Å². The van der Waals surface area contributed by atoms with Gasteiger partial charge in [-0.2, -0.15) is 4.31 Å². The van der Waals surface area contributed by atoms with Crippen LogP contribution in [-0.2, 0) is 19.6 Å². The molecule has 1 aromatic carbocycles. The van der Waals surface area contributed by atoms with Crippen molar-refractivity contribution >= 4 is 27.6 Å². The second-order valence-electron chi connectivity index (χ2n) is 5.08. The van der Waals surface area contributed by atoms with Gasteiger partial charge in [-0.05, 0) is 43.9 Å². The van der Waals surface area contributed by atoms with Crippen LogP contribution in [0.2, 0.25) is 5.02 Å². The Hall–Kier alpha value is -1.11. The lowest BCUT2D eigenvalue weighted by Gasteiger charge is -2.32. The van der Waals surface area contributed by atoms with Gasteiger partial charge in [0, 0.05) is 6.54 Å². The number of carbonyl (C=O) groups is 1. The van der Waals surface area contributed by atoms with Crippen LogP contribution in [0, 0.1) is 6.92 Å². The molecule has 21 heavy (non-hydrogen) atoms. The molecule has 2 rings (SSSR count). The second kappa shape index (κ2) is 6.34. The molecule has 1 heterocycles. The van der Waals surface area contributed by atoms with Gasteiger partial charge in [-0.1, -0.05) is 17.7 Å². The van der Waals surface area contributed by atoms with Gasteiger partial charge >= 0.3 is 5.97 Å². The van der Waals surface area contributed by atoms with Crippen molar-refractivity contribution in [3.63, 3.8) is 0 Å². The number of carbonyl (C=O) groups excluding carboxylic acids is 1. The molecule has 7 heteroatoms. The average molecular weight is 332 g/mol. The number of methoxy groups -OCH3 is 1. The Morgan fingerprint density at radius 3 is 2.71 bits per heavy atom. The number of hydrogen-bond acceptors (Lipinski definition) is 4. The highest BCUT2D eigenvalue weighted by Crippen LogP contribution is 2.30. The number of sulfonamides is 1. The van der Waals surface area contributed by atoms with E-state index in [9.17, 15) is 13.2 Å². The number of rotatable bonds is 3. The van der Waals surface area contributed by atoms with Crippen molar-refractivity contribution in [1.29, 1.82) is 0 Å². The maximum absolute atomic E-state index is 12.8. The lowest BCUT2D eigenvalue weighted by atomic mass is 10.1. The van der Waals surface area contributed by atoms with E-state index in [-0.39, 0.29) is 9.92 Å². The van der Waals surface area contributed by atoms with Crippen molar-refractivity contribution < 1.29 is 17.9 Å². The number of piperidine rings is 1. The highest BCUT2D eigenvalue weighted by Gasteiger charge is 2.39. The molecule has 1 atom stereocenters. The summed E-state index contributed by atoms with van der Waals surface area (Å²) in [7, 11) is -2.55. The molecule has 0 aromatic heterocycles. The van der Waals surface area contributed by atoms with E-state index < -0.39 is 22.0 Å². The molecule has 0 N–H and O–H groups in total. The van der Waals surface area contributed by atoms with Crippen molar-refractivity contribution in [1.82, 2.24) is 4.31 Å². The van der Waals surface area contributed by atoms with Crippen LogP contribution in [0.15, 0.2) is 23.1 Å². The Bertz CT molecular complexity index is 644. The van der Waals surface area contributed by atoms with Crippen molar-refractivity contribution in [2.75, 3.05) is 13.7 Å². The zero-order valence-corrected chi connectivity index (χ0v) is 13.6. The van der Waals surface area contributed by atoms with Crippen molar-refractivity contribution in [2.45, 2.75) is 37.1 Å². The first-order valence-corrected chi connectivity index (χ1v) is 8.55. The van der Waals surface area contributed by atoms with E-state index in [0.717, 1.165) is 18.4 Å². The molecule has 0 radical (unpaired) electrons. The summed E-state index contributed by atoms with van der Waals surface area (Å²) in [5.74, 6) is -0.526. The summed E-state index contributed by atoms with van der Waals surface area (Å²) in [5, 5.41) is 0.171. The van der Waals surface area contributed by atoms with Gasteiger partial charge in [0.2, 0.25) is 10.0 Å². The minimum absolute atomic E-state index is 0.0329. The number of hydrogen-bond donors (Lipinski definition) is 0. The van der Waals surface area contributed by atoms with Crippen LogP contribution < -0.4 is 0 Å². The van der Waals surface area contributed by atoms with Crippen molar-refractivity contribution in [3.05, 3.63) is 28.8 Å². The molecule has 1 unspecified atom stereocenters. The molecule has 5 nitrogen and oxygen atoms in total. The third-order valence-electron chi connectivity index (χ3n) is 3.60. The van der Waals surface area contributed by atoms with Crippen LogP contribution in [0.3, 0.4) is 0 Å². The Morgan fingerprint density at radius 1 is 1.38 bits per heavy atom. The number of halogens is 1. The number of ether oxygens (including phenoxy) is 1. The first kappa shape index (κ1) is 16.3.